The number of pyridine rings is 1. The van der Waals surface area contributed by atoms with Crippen LogP contribution in [0.1, 0.15) is 34.5 Å². The first-order valence-electron chi connectivity index (χ1n) is 11.2. The SMILES string of the molecule is COc1ccc(CCC(=O)N2CCCN(C(=O)c3cc(C)nc4cc(F)ccc34)CC2)cc1. The number of fused-ring (bicyclic) bond motifs is 1. The second-order valence-electron chi connectivity index (χ2n) is 8.35. The third-order valence-corrected chi connectivity index (χ3v) is 6.05. The van der Waals surface area contributed by atoms with Crippen molar-refractivity contribution in [3.05, 3.63) is 71.2 Å². The van der Waals surface area contributed by atoms with Crippen LogP contribution in [-0.4, -0.2) is 59.9 Å². The highest BCUT2D eigenvalue weighted by molar-refractivity contribution is 6.06. The van der Waals surface area contributed by atoms with E-state index in [9.17, 15) is 14.0 Å². The molecule has 0 saturated carbocycles. The second kappa shape index (κ2) is 9.98. The molecule has 1 aliphatic rings. The maximum atomic E-state index is 13.7. The summed E-state index contributed by atoms with van der Waals surface area (Å²) in [5, 5.41) is 0.642. The molecule has 7 heteroatoms. The highest BCUT2D eigenvalue weighted by Crippen LogP contribution is 2.22. The van der Waals surface area contributed by atoms with Crippen molar-refractivity contribution in [2.45, 2.75) is 26.2 Å². The molecule has 0 bridgehead atoms. The number of aromatic nitrogens is 1. The molecule has 0 spiro atoms. The van der Waals surface area contributed by atoms with Crippen LogP contribution in [0.4, 0.5) is 4.39 Å². The van der Waals surface area contributed by atoms with Crippen molar-refractivity contribution in [1.82, 2.24) is 14.8 Å². The van der Waals surface area contributed by atoms with Crippen molar-refractivity contribution in [3.63, 3.8) is 0 Å². The Hall–Kier alpha value is -3.48. The lowest BCUT2D eigenvalue weighted by Gasteiger charge is -2.23. The predicted molar refractivity (Wildman–Crippen MR) is 125 cm³/mol. The number of methoxy groups -OCH3 is 1. The molecule has 0 radical (unpaired) electrons. The lowest BCUT2D eigenvalue weighted by atomic mass is 10.1. The first kappa shape index (κ1) is 22.7. The summed E-state index contributed by atoms with van der Waals surface area (Å²) < 4.78 is 18.8. The van der Waals surface area contributed by atoms with Gasteiger partial charge in [0.25, 0.3) is 5.91 Å². The number of ether oxygens (including phenoxy) is 1. The van der Waals surface area contributed by atoms with Crippen LogP contribution in [0.2, 0.25) is 0 Å². The van der Waals surface area contributed by atoms with Gasteiger partial charge < -0.3 is 14.5 Å². The Morgan fingerprint density at radius 2 is 1.73 bits per heavy atom. The highest BCUT2D eigenvalue weighted by atomic mass is 19.1. The van der Waals surface area contributed by atoms with E-state index in [1.165, 1.54) is 12.1 Å². The minimum absolute atomic E-state index is 0.0980. The number of hydrogen-bond acceptors (Lipinski definition) is 4. The number of nitrogens with zero attached hydrogens (tertiary/aromatic N) is 3. The van der Waals surface area contributed by atoms with E-state index in [2.05, 4.69) is 4.98 Å². The molecule has 0 N–H and O–H groups in total. The van der Waals surface area contributed by atoms with Gasteiger partial charge in [-0.25, -0.2) is 4.39 Å². The van der Waals surface area contributed by atoms with Crippen LogP contribution in [0, 0.1) is 12.7 Å². The number of amides is 2. The molecule has 1 fully saturated rings. The van der Waals surface area contributed by atoms with Gasteiger partial charge in [-0.2, -0.15) is 0 Å². The molecule has 6 nitrogen and oxygen atoms in total. The third kappa shape index (κ3) is 5.30. The van der Waals surface area contributed by atoms with Crippen LogP contribution in [0.3, 0.4) is 0 Å². The summed E-state index contributed by atoms with van der Waals surface area (Å²) in [6, 6.07) is 13.8. The molecule has 1 aliphatic heterocycles. The van der Waals surface area contributed by atoms with Gasteiger partial charge in [0, 0.05) is 49.7 Å². The molecule has 0 atom stereocenters. The summed E-state index contributed by atoms with van der Waals surface area (Å²) in [5.41, 5.74) is 2.76. The van der Waals surface area contributed by atoms with Gasteiger partial charge >= 0.3 is 0 Å². The fourth-order valence-electron chi connectivity index (χ4n) is 4.25. The van der Waals surface area contributed by atoms with E-state index in [1.54, 1.807) is 31.1 Å². The summed E-state index contributed by atoms with van der Waals surface area (Å²) in [4.78, 5) is 34.1. The first-order chi connectivity index (χ1) is 15.9. The normalized spacial score (nSPS) is 14.3. The van der Waals surface area contributed by atoms with Crippen molar-refractivity contribution in [2.75, 3.05) is 33.3 Å². The van der Waals surface area contributed by atoms with E-state index in [0.29, 0.717) is 61.2 Å². The maximum absolute atomic E-state index is 13.7. The number of halogens is 1. The molecule has 2 amide bonds. The average molecular weight is 450 g/mol. The maximum Gasteiger partial charge on any atom is 0.254 e. The molecule has 0 unspecified atom stereocenters. The lowest BCUT2D eigenvalue weighted by molar-refractivity contribution is -0.131. The van der Waals surface area contributed by atoms with Gasteiger partial charge in [0.05, 0.1) is 18.2 Å². The van der Waals surface area contributed by atoms with Crippen LogP contribution in [-0.2, 0) is 11.2 Å². The zero-order valence-electron chi connectivity index (χ0n) is 19.0. The number of hydrogen-bond donors (Lipinski definition) is 0. The quantitative estimate of drug-likeness (QED) is 0.591. The molecule has 2 aromatic carbocycles. The minimum atomic E-state index is -0.377. The summed E-state index contributed by atoms with van der Waals surface area (Å²) in [6.07, 6.45) is 1.82. The van der Waals surface area contributed by atoms with Gasteiger partial charge in [-0.15, -0.1) is 0 Å². The molecule has 3 aromatic rings. The summed E-state index contributed by atoms with van der Waals surface area (Å²) in [5.74, 6) is 0.410. The van der Waals surface area contributed by atoms with E-state index < -0.39 is 0 Å². The third-order valence-electron chi connectivity index (χ3n) is 6.05. The fourth-order valence-corrected chi connectivity index (χ4v) is 4.25. The Labute approximate surface area is 193 Å². The first-order valence-corrected chi connectivity index (χ1v) is 11.2. The molecule has 2 heterocycles. The Morgan fingerprint density at radius 1 is 1.00 bits per heavy atom. The minimum Gasteiger partial charge on any atom is -0.497 e. The molecule has 4 rings (SSSR count). The Bertz CT molecular complexity index is 1160. The van der Waals surface area contributed by atoms with Crippen molar-refractivity contribution >= 4 is 22.7 Å². The van der Waals surface area contributed by atoms with Crippen molar-refractivity contribution in [2.24, 2.45) is 0 Å². The molecular weight excluding hydrogens is 421 g/mol. The topological polar surface area (TPSA) is 62.7 Å². The van der Waals surface area contributed by atoms with Gasteiger partial charge in [0.15, 0.2) is 0 Å². The monoisotopic (exact) mass is 449 g/mol. The summed E-state index contributed by atoms with van der Waals surface area (Å²) >= 11 is 0. The van der Waals surface area contributed by atoms with Crippen LogP contribution in [0.15, 0.2) is 48.5 Å². The van der Waals surface area contributed by atoms with Gasteiger partial charge in [0.2, 0.25) is 5.91 Å². The van der Waals surface area contributed by atoms with Crippen LogP contribution in [0.5, 0.6) is 5.75 Å². The van der Waals surface area contributed by atoms with Crippen molar-refractivity contribution < 1.29 is 18.7 Å². The Morgan fingerprint density at radius 3 is 2.48 bits per heavy atom. The fraction of sp³-hybridized carbons (Fsp3) is 0.346. The van der Waals surface area contributed by atoms with E-state index in [1.807, 2.05) is 29.2 Å². The van der Waals surface area contributed by atoms with Crippen LogP contribution < -0.4 is 4.74 Å². The number of carbonyl (C=O) groups is 2. The summed E-state index contributed by atoms with van der Waals surface area (Å²) in [6.45, 7) is 3.98. The smallest absolute Gasteiger partial charge is 0.254 e. The highest BCUT2D eigenvalue weighted by Gasteiger charge is 2.24. The van der Waals surface area contributed by atoms with E-state index in [-0.39, 0.29) is 17.6 Å². The summed E-state index contributed by atoms with van der Waals surface area (Å²) in [7, 11) is 1.63. The lowest BCUT2D eigenvalue weighted by Crippen LogP contribution is -2.37. The molecule has 0 aliphatic carbocycles. The van der Waals surface area contributed by atoms with E-state index in [4.69, 9.17) is 4.74 Å². The zero-order valence-corrected chi connectivity index (χ0v) is 19.0. The standard InChI is InChI=1S/C26H28FN3O3/c1-18-16-23(22-10-7-20(27)17-24(22)28-18)26(32)30-13-3-12-29(14-15-30)25(31)11-6-19-4-8-21(33-2)9-5-19/h4-5,7-10,16-17H,3,6,11-15H2,1-2H3. The zero-order chi connectivity index (χ0) is 23.4. The van der Waals surface area contributed by atoms with E-state index in [0.717, 1.165) is 17.7 Å². The number of carbonyl (C=O) groups excluding carboxylic acids is 2. The van der Waals surface area contributed by atoms with E-state index >= 15 is 0 Å². The average Bonchev–Trinajstić information content (AvgIpc) is 3.08. The largest absolute Gasteiger partial charge is 0.497 e. The second-order valence-corrected chi connectivity index (χ2v) is 8.35. The molecule has 172 valence electrons. The molecule has 1 saturated heterocycles. The van der Waals surface area contributed by atoms with Crippen LogP contribution >= 0.6 is 0 Å². The van der Waals surface area contributed by atoms with Gasteiger partial charge in [-0.05, 0) is 55.7 Å². The van der Waals surface area contributed by atoms with Gasteiger partial charge in [-0.1, -0.05) is 12.1 Å². The van der Waals surface area contributed by atoms with Crippen molar-refractivity contribution in [3.8, 4) is 5.75 Å². The van der Waals surface area contributed by atoms with Crippen molar-refractivity contribution in [1.29, 1.82) is 0 Å². The molecular formula is C26H28FN3O3. The molecule has 33 heavy (non-hydrogen) atoms. The Balaban J connectivity index is 1.40. The number of benzene rings is 2. The number of rotatable bonds is 5. The number of aryl methyl sites for hydroxylation is 2. The molecule has 1 aromatic heterocycles. The van der Waals surface area contributed by atoms with Gasteiger partial charge in [-0.3, -0.25) is 14.6 Å². The Kier molecular flexibility index (Phi) is 6.87. The van der Waals surface area contributed by atoms with Gasteiger partial charge in [0.1, 0.15) is 11.6 Å². The predicted octanol–water partition coefficient (Wildman–Crippen LogP) is 4.00. The van der Waals surface area contributed by atoms with Crippen LogP contribution in [0.25, 0.3) is 10.9 Å².